The fourth-order valence-corrected chi connectivity index (χ4v) is 3.70. The highest BCUT2D eigenvalue weighted by atomic mass is 14.5. The molecule has 0 unspecified atom stereocenters. The molecule has 1 aliphatic rings. The summed E-state index contributed by atoms with van der Waals surface area (Å²) in [6.45, 7) is 6.97. The fraction of sp³-hybridized carbons (Fsp3) is 1.00. The monoisotopic (exact) mass is 252 g/mol. The fourth-order valence-electron chi connectivity index (χ4n) is 3.70. The van der Waals surface area contributed by atoms with Crippen LogP contribution in [0.2, 0.25) is 0 Å². The van der Waals surface area contributed by atoms with Gasteiger partial charge in [0, 0.05) is 0 Å². The smallest absolute Gasteiger partial charge is 0.0352 e. The van der Waals surface area contributed by atoms with E-state index in [0.717, 1.165) is 17.8 Å². The molecule has 0 aromatic carbocycles. The van der Waals surface area contributed by atoms with Crippen LogP contribution < -0.4 is 0 Å². The van der Waals surface area contributed by atoms with Crippen molar-refractivity contribution in [1.29, 1.82) is 0 Å². The van der Waals surface area contributed by atoms with Crippen molar-refractivity contribution in [2.75, 3.05) is 0 Å². The van der Waals surface area contributed by atoms with Crippen molar-refractivity contribution in [1.82, 2.24) is 0 Å². The first-order valence-electron chi connectivity index (χ1n) is 8.85. The Balaban J connectivity index is 2.17. The first-order chi connectivity index (χ1) is 8.85. The van der Waals surface area contributed by atoms with E-state index in [9.17, 15) is 0 Å². The average molecular weight is 252 g/mol. The molecule has 0 amide bonds. The van der Waals surface area contributed by atoms with Crippen LogP contribution in [0.3, 0.4) is 0 Å². The molecule has 0 radical (unpaired) electrons. The Kier molecular flexibility index (Phi) is 8.80. The van der Waals surface area contributed by atoms with Crippen molar-refractivity contribution in [3.63, 3.8) is 0 Å². The molecular formula is C18H36. The molecule has 0 heterocycles. The molecule has 0 N–H and O–H groups in total. The Morgan fingerprint density at radius 1 is 0.444 bits per heavy atom. The van der Waals surface area contributed by atoms with Crippen molar-refractivity contribution in [3.05, 3.63) is 0 Å². The second-order valence-corrected chi connectivity index (χ2v) is 6.48. The molecule has 0 aliphatic heterocycles. The van der Waals surface area contributed by atoms with Crippen LogP contribution in [0.5, 0.6) is 0 Å². The summed E-state index contributed by atoms with van der Waals surface area (Å²) in [5.74, 6) is 3.39. The van der Waals surface area contributed by atoms with Gasteiger partial charge in [-0.25, -0.2) is 0 Å². The second-order valence-electron chi connectivity index (χ2n) is 6.48. The van der Waals surface area contributed by atoms with E-state index in [1.807, 2.05) is 0 Å². The maximum atomic E-state index is 2.32. The molecular weight excluding hydrogens is 216 g/mol. The molecule has 108 valence electrons. The van der Waals surface area contributed by atoms with Gasteiger partial charge < -0.3 is 0 Å². The zero-order valence-corrected chi connectivity index (χ0v) is 13.2. The van der Waals surface area contributed by atoms with Gasteiger partial charge in [-0.05, 0) is 37.0 Å². The minimum atomic E-state index is 1.13. The van der Waals surface area contributed by atoms with Crippen molar-refractivity contribution >= 4 is 0 Å². The SMILES string of the molecule is CCCCCC1C(CCCCC)C1CCCCC. The van der Waals surface area contributed by atoms with Crippen molar-refractivity contribution in [2.45, 2.75) is 97.8 Å². The molecule has 0 aromatic heterocycles. The summed E-state index contributed by atoms with van der Waals surface area (Å²) in [5, 5.41) is 0. The molecule has 0 aromatic rings. The summed E-state index contributed by atoms with van der Waals surface area (Å²) in [7, 11) is 0. The number of hydrogen-bond acceptors (Lipinski definition) is 0. The lowest BCUT2D eigenvalue weighted by Gasteiger charge is -1.99. The van der Waals surface area contributed by atoms with Gasteiger partial charge in [-0.15, -0.1) is 0 Å². The molecule has 1 fully saturated rings. The van der Waals surface area contributed by atoms with Gasteiger partial charge in [-0.3, -0.25) is 0 Å². The van der Waals surface area contributed by atoms with E-state index in [1.165, 1.54) is 57.8 Å². The first kappa shape index (κ1) is 16.1. The molecule has 0 saturated heterocycles. The highest BCUT2D eigenvalue weighted by Crippen LogP contribution is 2.54. The summed E-state index contributed by atoms with van der Waals surface area (Å²) in [6.07, 6.45) is 17.6. The van der Waals surface area contributed by atoms with Crippen molar-refractivity contribution < 1.29 is 0 Å². The van der Waals surface area contributed by atoms with E-state index in [4.69, 9.17) is 0 Å². The van der Waals surface area contributed by atoms with Crippen LogP contribution >= 0.6 is 0 Å². The van der Waals surface area contributed by atoms with Gasteiger partial charge in [-0.2, -0.15) is 0 Å². The Hall–Kier alpha value is 0. The lowest BCUT2D eigenvalue weighted by molar-refractivity contribution is 0.540. The molecule has 1 saturated carbocycles. The van der Waals surface area contributed by atoms with Gasteiger partial charge in [0.25, 0.3) is 0 Å². The Labute approximate surface area is 116 Å². The van der Waals surface area contributed by atoms with Crippen LogP contribution in [0.25, 0.3) is 0 Å². The molecule has 0 nitrogen and oxygen atoms in total. The third-order valence-electron chi connectivity index (χ3n) is 4.93. The van der Waals surface area contributed by atoms with Gasteiger partial charge in [0.1, 0.15) is 0 Å². The van der Waals surface area contributed by atoms with Gasteiger partial charge in [0.05, 0.1) is 0 Å². The van der Waals surface area contributed by atoms with E-state index < -0.39 is 0 Å². The summed E-state index contributed by atoms with van der Waals surface area (Å²) >= 11 is 0. The Morgan fingerprint density at radius 3 is 0.944 bits per heavy atom. The predicted molar refractivity (Wildman–Crippen MR) is 82.9 cm³/mol. The molecule has 0 spiro atoms. The van der Waals surface area contributed by atoms with E-state index in [1.54, 1.807) is 19.3 Å². The zero-order chi connectivity index (χ0) is 13.2. The Bertz CT molecular complexity index is 145. The number of rotatable bonds is 12. The molecule has 0 heteroatoms. The predicted octanol–water partition coefficient (Wildman–Crippen LogP) is 6.59. The third kappa shape index (κ3) is 5.76. The maximum absolute atomic E-state index is 2.32. The van der Waals surface area contributed by atoms with Crippen molar-refractivity contribution in [3.8, 4) is 0 Å². The first-order valence-corrected chi connectivity index (χ1v) is 8.85. The highest BCUT2D eigenvalue weighted by molar-refractivity contribution is 4.96. The molecule has 0 bridgehead atoms. The molecule has 1 aliphatic carbocycles. The lowest BCUT2D eigenvalue weighted by atomic mass is 10.1. The van der Waals surface area contributed by atoms with E-state index in [-0.39, 0.29) is 0 Å². The second kappa shape index (κ2) is 9.87. The van der Waals surface area contributed by atoms with Crippen LogP contribution in [-0.2, 0) is 0 Å². The van der Waals surface area contributed by atoms with Crippen LogP contribution in [0.15, 0.2) is 0 Å². The quantitative estimate of drug-likeness (QED) is 0.344. The summed E-state index contributed by atoms with van der Waals surface area (Å²) in [6, 6.07) is 0. The van der Waals surface area contributed by atoms with Crippen LogP contribution in [0.1, 0.15) is 97.8 Å². The number of unbranched alkanes of at least 4 members (excludes halogenated alkanes) is 6. The van der Waals surface area contributed by atoms with Crippen LogP contribution in [0.4, 0.5) is 0 Å². The summed E-state index contributed by atoms with van der Waals surface area (Å²) in [4.78, 5) is 0. The Morgan fingerprint density at radius 2 is 0.722 bits per heavy atom. The van der Waals surface area contributed by atoms with Gasteiger partial charge in [0.15, 0.2) is 0 Å². The van der Waals surface area contributed by atoms with Crippen LogP contribution in [0, 0.1) is 17.8 Å². The van der Waals surface area contributed by atoms with E-state index >= 15 is 0 Å². The maximum Gasteiger partial charge on any atom is -0.0352 e. The lowest BCUT2D eigenvalue weighted by Crippen LogP contribution is -1.85. The zero-order valence-electron chi connectivity index (χ0n) is 13.2. The van der Waals surface area contributed by atoms with E-state index in [2.05, 4.69) is 20.8 Å². The summed E-state index contributed by atoms with van der Waals surface area (Å²) < 4.78 is 0. The van der Waals surface area contributed by atoms with E-state index in [0.29, 0.717) is 0 Å². The van der Waals surface area contributed by atoms with Gasteiger partial charge >= 0.3 is 0 Å². The largest absolute Gasteiger partial charge is 0.0654 e. The summed E-state index contributed by atoms with van der Waals surface area (Å²) in [5.41, 5.74) is 0. The molecule has 0 atom stereocenters. The topological polar surface area (TPSA) is 0 Å². The van der Waals surface area contributed by atoms with Gasteiger partial charge in [0.2, 0.25) is 0 Å². The minimum Gasteiger partial charge on any atom is -0.0654 e. The van der Waals surface area contributed by atoms with Gasteiger partial charge in [-0.1, -0.05) is 78.6 Å². The van der Waals surface area contributed by atoms with Crippen molar-refractivity contribution in [2.24, 2.45) is 17.8 Å². The minimum absolute atomic E-state index is 1.13. The standard InChI is InChI=1S/C18H36/c1-4-7-10-13-16-17(14-11-8-5-2)18(16)15-12-9-6-3/h16-18H,4-15H2,1-3H3. The molecule has 1 rings (SSSR count). The van der Waals surface area contributed by atoms with Crippen LogP contribution in [-0.4, -0.2) is 0 Å². The highest BCUT2D eigenvalue weighted by Gasteiger charge is 2.47. The number of hydrogen-bond donors (Lipinski definition) is 0. The third-order valence-corrected chi connectivity index (χ3v) is 4.93. The normalized spacial score (nSPS) is 26.5. The average Bonchev–Trinajstić information content (AvgIpc) is 3.03. The molecule has 18 heavy (non-hydrogen) atoms.